The number of aryl methyl sites for hydroxylation is 3. The molecule has 0 atom stereocenters. The SMILES string of the molecule is Cc1ccc(C(=O)NCC(=O)Nc2cccc(-n3nccc3C)c2)cc1C. The van der Waals surface area contributed by atoms with Crippen LogP contribution in [0.4, 0.5) is 5.69 Å². The number of carbonyl (C=O) groups is 2. The standard InChI is InChI=1S/C21H22N4O2/c1-14-7-8-17(11-15(14)2)21(27)22-13-20(26)24-18-5-4-6-19(12-18)25-16(3)9-10-23-25/h4-12H,13H2,1-3H3,(H,22,27)(H,24,26). The molecule has 0 unspecified atom stereocenters. The van der Waals surface area contributed by atoms with E-state index in [1.807, 2.05) is 57.2 Å². The average Bonchev–Trinajstić information content (AvgIpc) is 3.08. The number of carbonyl (C=O) groups excluding carboxylic acids is 2. The Balaban J connectivity index is 1.60. The van der Waals surface area contributed by atoms with E-state index in [4.69, 9.17) is 0 Å². The fourth-order valence-electron chi connectivity index (χ4n) is 2.71. The van der Waals surface area contributed by atoms with Gasteiger partial charge in [-0.25, -0.2) is 4.68 Å². The third-order valence-corrected chi connectivity index (χ3v) is 4.39. The molecular weight excluding hydrogens is 340 g/mol. The van der Waals surface area contributed by atoms with E-state index in [1.54, 1.807) is 23.0 Å². The maximum Gasteiger partial charge on any atom is 0.251 e. The van der Waals surface area contributed by atoms with Crippen molar-refractivity contribution in [3.05, 3.63) is 77.1 Å². The highest BCUT2D eigenvalue weighted by Gasteiger charge is 2.10. The van der Waals surface area contributed by atoms with Gasteiger partial charge in [-0.05, 0) is 68.3 Å². The summed E-state index contributed by atoms with van der Waals surface area (Å²) >= 11 is 0. The van der Waals surface area contributed by atoms with Crippen LogP contribution in [-0.2, 0) is 4.79 Å². The number of rotatable bonds is 5. The first-order valence-corrected chi connectivity index (χ1v) is 8.70. The molecule has 2 aromatic carbocycles. The second kappa shape index (κ2) is 7.86. The van der Waals surface area contributed by atoms with Gasteiger partial charge in [0.05, 0.1) is 12.2 Å². The van der Waals surface area contributed by atoms with Crippen molar-refractivity contribution >= 4 is 17.5 Å². The summed E-state index contributed by atoms with van der Waals surface area (Å²) in [5.41, 5.74) is 5.21. The second-order valence-corrected chi connectivity index (χ2v) is 6.46. The van der Waals surface area contributed by atoms with E-state index in [9.17, 15) is 9.59 Å². The van der Waals surface area contributed by atoms with E-state index < -0.39 is 0 Å². The molecule has 0 aliphatic carbocycles. The molecule has 3 aromatic rings. The summed E-state index contributed by atoms with van der Waals surface area (Å²) < 4.78 is 1.79. The van der Waals surface area contributed by atoms with Gasteiger partial charge in [0, 0.05) is 23.1 Å². The summed E-state index contributed by atoms with van der Waals surface area (Å²) in [4.78, 5) is 24.4. The highest BCUT2D eigenvalue weighted by molar-refractivity contribution is 5.99. The molecule has 138 valence electrons. The van der Waals surface area contributed by atoms with Gasteiger partial charge in [0.2, 0.25) is 5.91 Å². The van der Waals surface area contributed by atoms with Crippen LogP contribution in [-0.4, -0.2) is 28.1 Å². The number of nitrogens with zero attached hydrogens (tertiary/aromatic N) is 2. The van der Waals surface area contributed by atoms with E-state index in [2.05, 4.69) is 15.7 Å². The molecule has 27 heavy (non-hydrogen) atoms. The third-order valence-electron chi connectivity index (χ3n) is 4.39. The fourth-order valence-corrected chi connectivity index (χ4v) is 2.71. The molecular formula is C21H22N4O2. The van der Waals surface area contributed by atoms with Crippen LogP contribution in [0, 0.1) is 20.8 Å². The smallest absolute Gasteiger partial charge is 0.251 e. The van der Waals surface area contributed by atoms with Crippen molar-refractivity contribution in [3.63, 3.8) is 0 Å². The van der Waals surface area contributed by atoms with Crippen molar-refractivity contribution in [2.45, 2.75) is 20.8 Å². The molecule has 1 aromatic heterocycles. The summed E-state index contributed by atoms with van der Waals surface area (Å²) in [5.74, 6) is -0.560. The quantitative estimate of drug-likeness (QED) is 0.732. The molecule has 0 aliphatic heterocycles. The molecule has 0 saturated heterocycles. The number of anilines is 1. The highest BCUT2D eigenvalue weighted by atomic mass is 16.2. The zero-order chi connectivity index (χ0) is 19.4. The minimum atomic E-state index is -0.290. The lowest BCUT2D eigenvalue weighted by Gasteiger charge is -2.10. The topological polar surface area (TPSA) is 76.0 Å². The van der Waals surface area contributed by atoms with E-state index >= 15 is 0 Å². The third kappa shape index (κ3) is 4.41. The Morgan fingerprint density at radius 2 is 1.81 bits per heavy atom. The maximum absolute atomic E-state index is 12.2. The van der Waals surface area contributed by atoms with Crippen molar-refractivity contribution in [2.75, 3.05) is 11.9 Å². The molecule has 0 fully saturated rings. The maximum atomic E-state index is 12.2. The Hall–Kier alpha value is -3.41. The van der Waals surface area contributed by atoms with E-state index in [1.165, 1.54) is 0 Å². The molecule has 6 nitrogen and oxygen atoms in total. The van der Waals surface area contributed by atoms with Gasteiger partial charge in [0.25, 0.3) is 5.91 Å². The van der Waals surface area contributed by atoms with Crippen molar-refractivity contribution in [3.8, 4) is 5.69 Å². The van der Waals surface area contributed by atoms with Gasteiger partial charge < -0.3 is 10.6 Å². The van der Waals surface area contributed by atoms with Crippen LogP contribution in [0.1, 0.15) is 27.2 Å². The number of hydrogen-bond acceptors (Lipinski definition) is 3. The van der Waals surface area contributed by atoms with Crippen molar-refractivity contribution in [2.24, 2.45) is 0 Å². The van der Waals surface area contributed by atoms with Crippen molar-refractivity contribution in [1.29, 1.82) is 0 Å². The minimum absolute atomic E-state index is 0.100. The summed E-state index contributed by atoms with van der Waals surface area (Å²) in [6.07, 6.45) is 1.73. The number of nitrogens with one attached hydrogen (secondary N) is 2. The minimum Gasteiger partial charge on any atom is -0.343 e. The Bertz CT molecular complexity index is 991. The molecule has 2 amide bonds. The molecule has 3 rings (SSSR count). The van der Waals surface area contributed by atoms with Gasteiger partial charge in [-0.15, -0.1) is 0 Å². The van der Waals surface area contributed by atoms with Gasteiger partial charge in [-0.2, -0.15) is 5.10 Å². The van der Waals surface area contributed by atoms with Crippen LogP contribution in [0.25, 0.3) is 5.69 Å². The fraction of sp³-hybridized carbons (Fsp3) is 0.190. The van der Waals surface area contributed by atoms with Gasteiger partial charge in [-0.1, -0.05) is 12.1 Å². The Morgan fingerprint density at radius 3 is 2.52 bits per heavy atom. The molecule has 0 spiro atoms. The molecule has 1 heterocycles. The van der Waals surface area contributed by atoms with Crippen molar-refractivity contribution < 1.29 is 9.59 Å². The summed E-state index contributed by atoms with van der Waals surface area (Å²) in [6.45, 7) is 5.80. The Kier molecular flexibility index (Phi) is 5.35. The summed E-state index contributed by atoms with van der Waals surface area (Å²) in [5, 5.41) is 9.70. The van der Waals surface area contributed by atoms with Gasteiger partial charge in [0.1, 0.15) is 0 Å². The van der Waals surface area contributed by atoms with E-state index in [0.717, 1.165) is 22.5 Å². The van der Waals surface area contributed by atoms with E-state index in [0.29, 0.717) is 11.3 Å². The van der Waals surface area contributed by atoms with Crippen LogP contribution >= 0.6 is 0 Å². The first-order chi connectivity index (χ1) is 12.9. The van der Waals surface area contributed by atoms with Gasteiger partial charge >= 0.3 is 0 Å². The molecule has 0 bridgehead atoms. The Labute approximate surface area is 158 Å². The van der Waals surface area contributed by atoms with Crippen LogP contribution in [0.15, 0.2) is 54.7 Å². The lowest BCUT2D eigenvalue weighted by atomic mass is 10.1. The predicted octanol–water partition coefficient (Wildman–Crippen LogP) is 3.17. The molecule has 0 radical (unpaired) electrons. The second-order valence-electron chi connectivity index (χ2n) is 6.46. The monoisotopic (exact) mass is 362 g/mol. The van der Waals surface area contributed by atoms with Crippen LogP contribution in [0.3, 0.4) is 0 Å². The molecule has 0 aliphatic rings. The zero-order valence-corrected chi connectivity index (χ0v) is 15.6. The lowest BCUT2D eigenvalue weighted by molar-refractivity contribution is -0.115. The number of benzene rings is 2. The van der Waals surface area contributed by atoms with Crippen molar-refractivity contribution in [1.82, 2.24) is 15.1 Å². The summed E-state index contributed by atoms with van der Waals surface area (Å²) in [6, 6.07) is 14.8. The largest absolute Gasteiger partial charge is 0.343 e. The van der Waals surface area contributed by atoms with Crippen LogP contribution in [0.2, 0.25) is 0 Å². The first-order valence-electron chi connectivity index (χ1n) is 8.70. The molecule has 6 heteroatoms. The zero-order valence-electron chi connectivity index (χ0n) is 15.6. The first kappa shape index (κ1) is 18.4. The highest BCUT2D eigenvalue weighted by Crippen LogP contribution is 2.15. The molecule has 0 saturated carbocycles. The van der Waals surface area contributed by atoms with Crippen LogP contribution < -0.4 is 10.6 Å². The summed E-state index contributed by atoms with van der Waals surface area (Å²) in [7, 11) is 0. The normalized spacial score (nSPS) is 10.5. The molecule has 2 N–H and O–H groups in total. The van der Waals surface area contributed by atoms with Crippen LogP contribution in [0.5, 0.6) is 0 Å². The van der Waals surface area contributed by atoms with Gasteiger partial charge in [-0.3, -0.25) is 9.59 Å². The number of aromatic nitrogens is 2. The Morgan fingerprint density at radius 1 is 1.00 bits per heavy atom. The lowest BCUT2D eigenvalue weighted by Crippen LogP contribution is -2.32. The average molecular weight is 362 g/mol. The van der Waals surface area contributed by atoms with Gasteiger partial charge in [0.15, 0.2) is 0 Å². The van der Waals surface area contributed by atoms with E-state index in [-0.39, 0.29) is 18.4 Å². The number of hydrogen-bond donors (Lipinski definition) is 2. The number of amides is 2. The predicted molar refractivity (Wildman–Crippen MR) is 105 cm³/mol.